The molecule has 0 unspecified atom stereocenters. The normalized spacial score (nSPS) is 25.8. The average Bonchev–Trinajstić information content (AvgIpc) is 2.87. The molecule has 2 N–H and O–H groups in total. The van der Waals surface area contributed by atoms with Gasteiger partial charge in [-0.1, -0.05) is 0 Å². The van der Waals surface area contributed by atoms with Crippen LogP contribution < -0.4 is 5.32 Å². The van der Waals surface area contributed by atoms with Crippen LogP contribution >= 0.6 is 0 Å². The first-order chi connectivity index (χ1) is 9.90. The first-order valence-corrected chi connectivity index (χ1v) is 7.65. The standard InChI is InChI=1S/C15H24N4O2/c1-14(2,3)21-13(20)19-8-4-6-15(9-19)12-11(5-7-18-15)16-10-17-12/h10,18H,4-9H2,1-3H3,(H,16,17)/t15-/m0/s1. The highest BCUT2D eigenvalue weighted by Crippen LogP contribution is 2.35. The van der Waals surface area contributed by atoms with Crippen molar-refractivity contribution in [3.05, 3.63) is 17.7 Å². The van der Waals surface area contributed by atoms with E-state index < -0.39 is 5.60 Å². The molecule has 3 rings (SSSR count). The van der Waals surface area contributed by atoms with Gasteiger partial charge in [-0.2, -0.15) is 0 Å². The van der Waals surface area contributed by atoms with Crippen molar-refractivity contribution in [3.8, 4) is 0 Å². The zero-order chi connectivity index (χ0) is 15.1. The number of nitrogens with zero attached hydrogens (tertiary/aromatic N) is 2. The lowest BCUT2D eigenvalue weighted by molar-refractivity contribution is 0.00924. The van der Waals surface area contributed by atoms with Gasteiger partial charge in [-0.25, -0.2) is 9.78 Å². The zero-order valence-corrected chi connectivity index (χ0v) is 13.0. The van der Waals surface area contributed by atoms with Gasteiger partial charge in [0.05, 0.1) is 17.6 Å². The summed E-state index contributed by atoms with van der Waals surface area (Å²) in [4.78, 5) is 21.9. The van der Waals surface area contributed by atoms with Gasteiger partial charge in [-0.15, -0.1) is 0 Å². The number of likely N-dealkylation sites (tertiary alicyclic amines) is 1. The Balaban J connectivity index is 1.80. The van der Waals surface area contributed by atoms with Crippen LogP contribution in [-0.4, -0.2) is 46.2 Å². The zero-order valence-electron chi connectivity index (χ0n) is 13.0. The van der Waals surface area contributed by atoms with Crippen molar-refractivity contribution in [2.75, 3.05) is 19.6 Å². The Labute approximate surface area is 125 Å². The lowest BCUT2D eigenvalue weighted by atomic mass is 9.82. The molecule has 0 radical (unpaired) electrons. The van der Waals surface area contributed by atoms with Crippen molar-refractivity contribution in [2.45, 2.75) is 51.2 Å². The summed E-state index contributed by atoms with van der Waals surface area (Å²) in [6.45, 7) is 7.98. The summed E-state index contributed by atoms with van der Waals surface area (Å²) in [7, 11) is 0. The smallest absolute Gasteiger partial charge is 0.410 e. The summed E-state index contributed by atoms with van der Waals surface area (Å²) >= 11 is 0. The second-order valence-electron chi connectivity index (χ2n) is 6.99. The number of ether oxygens (including phenoxy) is 1. The van der Waals surface area contributed by atoms with E-state index in [1.165, 1.54) is 5.69 Å². The van der Waals surface area contributed by atoms with Crippen LogP contribution in [0, 0.1) is 0 Å². The molecule has 1 saturated heterocycles. The molecule has 2 aliphatic heterocycles. The van der Waals surface area contributed by atoms with E-state index in [0.29, 0.717) is 6.54 Å². The highest BCUT2D eigenvalue weighted by molar-refractivity contribution is 5.68. The van der Waals surface area contributed by atoms with E-state index in [1.54, 1.807) is 6.33 Å². The lowest BCUT2D eigenvalue weighted by Gasteiger charge is -2.44. The molecule has 0 aliphatic carbocycles. The number of hydrogen-bond donors (Lipinski definition) is 2. The molecule has 1 aromatic heterocycles. The fourth-order valence-electron chi connectivity index (χ4n) is 3.31. The Morgan fingerprint density at radius 3 is 3.05 bits per heavy atom. The van der Waals surface area contributed by atoms with E-state index in [1.807, 2.05) is 25.7 Å². The molecule has 6 nitrogen and oxygen atoms in total. The van der Waals surface area contributed by atoms with E-state index in [0.717, 1.165) is 38.0 Å². The molecule has 116 valence electrons. The van der Waals surface area contributed by atoms with Crippen molar-refractivity contribution in [1.82, 2.24) is 20.2 Å². The number of rotatable bonds is 0. The van der Waals surface area contributed by atoms with Gasteiger partial charge in [0, 0.05) is 31.7 Å². The summed E-state index contributed by atoms with van der Waals surface area (Å²) in [5.41, 5.74) is 1.59. The van der Waals surface area contributed by atoms with Gasteiger partial charge in [0.1, 0.15) is 5.60 Å². The van der Waals surface area contributed by atoms with Gasteiger partial charge in [0.2, 0.25) is 0 Å². The van der Waals surface area contributed by atoms with E-state index in [2.05, 4.69) is 15.3 Å². The first kappa shape index (κ1) is 14.4. The fourth-order valence-corrected chi connectivity index (χ4v) is 3.31. The third kappa shape index (κ3) is 2.77. The van der Waals surface area contributed by atoms with Gasteiger partial charge in [0.15, 0.2) is 0 Å². The van der Waals surface area contributed by atoms with Crippen LogP contribution in [0.5, 0.6) is 0 Å². The summed E-state index contributed by atoms with van der Waals surface area (Å²) in [6, 6.07) is 0. The number of H-pyrrole nitrogens is 1. The molecule has 21 heavy (non-hydrogen) atoms. The number of nitrogens with one attached hydrogen (secondary N) is 2. The van der Waals surface area contributed by atoms with Crippen LogP contribution in [0.25, 0.3) is 0 Å². The molecule has 1 amide bonds. The minimum Gasteiger partial charge on any atom is -0.444 e. The second kappa shape index (κ2) is 5.02. The van der Waals surface area contributed by atoms with E-state index in [4.69, 9.17) is 4.74 Å². The number of aromatic amines is 1. The van der Waals surface area contributed by atoms with Crippen molar-refractivity contribution in [2.24, 2.45) is 0 Å². The minimum absolute atomic E-state index is 0.220. The highest BCUT2D eigenvalue weighted by atomic mass is 16.6. The van der Waals surface area contributed by atoms with Crippen LogP contribution in [-0.2, 0) is 16.7 Å². The summed E-state index contributed by atoms with van der Waals surface area (Å²) < 4.78 is 5.51. The van der Waals surface area contributed by atoms with E-state index in [9.17, 15) is 4.79 Å². The molecular formula is C15H24N4O2. The topological polar surface area (TPSA) is 70.2 Å². The maximum atomic E-state index is 12.3. The highest BCUT2D eigenvalue weighted by Gasteiger charge is 2.43. The quantitative estimate of drug-likeness (QED) is 0.765. The molecule has 1 aromatic rings. The summed E-state index contributed by atoms with van der Waals surface area (Å²) in [5, 5.41) is 3.59. The Morgan fingerprint density at radius 1 is 1.48 bits per heavy atom. The molecule has 3 heterocycles. The average molecular weight is 292 g/mol. The Hall–Kier alpha value is -1.56. The molecule has 0 saturated carbocycles. The van der Waals surface area contributed by atoms with Crippen LogP contribution in [0.15, 0.2) is 6.33 Å². The number of imidazole rings is 1. The Kier molecular flexibility index (Phi) is 3.43. The molecule has 2 aliphatic rings. The number of piperidine rings is 1. The van der Waals surface area contributed by atoms with Gasteiger partial charge >= 0.3 is 6.09 Å². The summed E-state index contributed by atoms with van der Waals surface area (Å²) in [5.74, 6) is 0. The van der Waals surface area contributed by atoms with E-state index in [-0.39, 0.29) is 11.6 Å². The van der Waals surface area contributed by atoms with Gasteiger partial charge in [-0.3, -0.25) is 0 Å². The van der Waals surface area contributed by atoms with Crippen molar-refractivity contribution >= 4 is 6.09 Å². The monoisotopic (exact) mass is 292 g/mol. The van der Waals surface area contributed by atoms with Crippen LogP contribution in [0.1, 0.15) is 45.0 Å². The molecular weight excluding hydrogens is 268 g/mol. The van der Waals surface area contributed by atoms with E-state index >= 15 is 0 Å². The molecule has 1 fully saturated rings. The first-order valence-electron chi connectivity index (χ1n) is 7.65. The molecule has 0 aromatic carbocycles. The number of fused-ring (bicyclic) bond motifs is 2. The minimum atomic E-state index is -0.459. The number of aromatic nitrogens is 2. The number of carbonyl (C=O) groups excluding carboxylic acids is 1. The maximum Gasteiger partial charge on any atom is 0.410 e. The van der Waals surface area contributed by atoms with Crippen LogP contribution in [0.2, 0.25) is 0 Å². The van der Waals surface area contributed by atoms with Gasteiger partial charge < -0.3 is 19.9 Å². The van der Waals surface area contributed by atoms with Crippen LogP contribution in [0.3, 0.4) is 0 Å². The third-order valence-corrected chi connectivity index (χ3v) is 4.15. The van der Waals surface area contributed by atoms with Gasteiger partial charge in [-0.05, 0) is 33.6 Å². The summed E-state index contributed by atoms with van der Waals surface area (Å²) in [6.07, 6.45) is 4.45. The third-order valence-electron chi connectivity index (χ3n) is 4.15. The molecule has 1 atom stereocenters. The molecule has 6 heteroatoms. The number of hydrogen-bond acceptors (Lipinski definition) is 4. The fraction of sp³-hybridized carbons (Fsp3) is 0.733. The predicted octanol–water partition coefficient (Wildman–Crippen LogP) is 1.78. The lowest BCUT2D eigenvalue weighted by Crippen LogP contribution is -2.59. The SMILES string of the molecule is CC(C)(C)OC(=O)N1CCC[C@@]2(C1)NCCc1[nH]cnc12. The molecule has 1 spiro atoms. The van der Waals surface area contributed by atoms with Crippen LogP contribution in [0.4, 0.5) is 4.79 Å². The predicted molar refractivity (Wildman–Crippen MR) is 79.0 cm³/mol. The van der Waals surface area contributed by atoms with Crippen molar-refractivity contribution in [3.63, 3.8) is 0 Å². The second-order valence-corrected chi connectivity index (χ2v) is 6.99. The van der Waals surface area contributed by atoms with Crippen molar-refractivity contribution in [1.29, 1.82) is 0 Å². The molecule has 0 bridgehead atoms. The number of carbonyl (C=O) groups is 1. The van der Waals surface area contributed by atoms with Gasteiger partial charge in [0.25, 0.3) is 0 Å². The largest absolute Gasteiger partial charge is 0.444 e. The Morgan fingerprint density at radius 2 is 2.29 bits per heavy atom. The number of amides is 1. The maximum absolute atomic E-state index is 12.3. The van der Waals surface area contributed by atoms with Crippen molar-refractivity contribution < 1.29 is 9.53 Å². The Bertz CT molecular complexity index is 534.